The van der Waals surface area contributed by atoms with Crippen LogP contribution in [0.5, 0.6) is 0 Å². The fraction of sp³-hybridized carbons (Fsp3) is 0.697. The highest BCUT2D eigenvalue weighted by Gasteiger charge is 2.19. The Balaban J connectivity index is 4.39. The summed E-state index contributed by atoms with van der Waals surface area (Å²) in [5.74, 6) is -0.947. The van der Waals surface area contributed by atoms with E-state index in [1.165, 1.54) is 167 Å². The highest BCUT2D eigenvalue weighted by Crippen LogP contribution is 2.17. The van der Waals surface area contributed by atoms with Crippen molar-refractivity contribution in [2.75, 3.05) is 13.2 Å². The van der Waals surface area contributed by atoms with Gasteiger partial charge in [-0.1, -0.05) is 322 Å². The molecule has 0 N–H and O–H groups in total. The highest BCUT2D eigenvalue weighted by molar-refractivity contribution is 5.71. The van der Waals surface area contributed by atoms with Gasteiger partial charge in [-0.25, -0.2) is 0 Å². The fourth-order valence-corrected chi connectivity index (χ4v) is 9.63. The van der Waals surface area contributed by atoms with Gasteiger partial charge < -0.3 is 14.2 Å². The van der Waals surface area contributed by atoms with Crippen LogP contribution in [0.15, 0.2) is 122 Å². The molecular formula is C76H128O6. The first-order chi connectivity index (χ1) is 40.5. The fourth-order valence-electron chi connectivity index (χ4n) is 9.63. The Kier molecular flexibility index (Phi) is 65.8. The maximum absolute atomic E-state index is 13.0. The Bertz CT molecular complexity index is 1690. The maximum atomic E-state index is 13.0. The van der Waals surface area contributed by atoms with Gasteiger partial charge in [-0.2, -0.15) is 0 Å². The van der Waals surface area contributed by atoms with Crippen LogP contribution in [0.4, 0.5) is 0 Å². The van der Waals surface area contributed by atoms with Crippen LogP contribution >= 0.6 is 0 Å². The molecule has 0 rings (SSSR count). The standard InChI is InChI=1S/C76H128O6/c1-4-7-10-13-16-19-22-25-28-31-33-35-36-37-38-39-40-41-43-45-48-51-54-57-60-63-66-69-75(78)81-72-73(71-80-74(77)68-65-62-59-56-53-50-47-44-30-27-24-21-18-15-12-9-6-3)82-76(79)70-67-64-61-58-55-52-49-46-42-34-32-29-26-23-20-17-14-11-8-5-2/h7,9-10,12,16,18-19,21,25,27-28,30,33,35,37-38,47,50,56,59,73H,4-6,8,11,13-15,17,20,22-24,26,29,31-32,34,36,39-46,48-49,51-55,57-58,60-72H2,1-3H3/b10-7-,12-9-,19-16-,21-18-,28-25-,30-27-,35-33-,38-37-,50-47-,59-56-. The van der Waals surface area contributed by atoms with Gasteiger partial charge in [0.15, 0.2) is 6.10 Å². The van der Waals surface area contributed by atoms with Crippen LogP contribution in [0, 0.1) is 0 Å². The van der Waals surface area contributed by atoms with E-state index in [1.807, 2.05) is 0 Å². The van der Waals surface area contributed by atoms with Crippen LogP contribution in [0.25, 0.3) is 0 Å². The van der Waals surface area contributed by atoms with Crippen molar-refractivity contribution in [3.8, 4) is 0 Å². The molecule has 0 spiro atoms. The van der Waals surface area contributed by atoms with Crippen LogP contribution in [-0.2, 0) is 28.6 Å². The molecule has 0 aromatic rings. The lowest BCUT2D eigenvalue weighted by atomic mass is 10.0. The molecule has 6 nitrogen and oxygen atoms in total. The maximum Gasteiger partial charge on any atom is 0.306 e. The number of carbonyl (C=O) groups excluding carboxylic acids is 3. The normalized spacial score (nSPS) is 12.9. The average molecular weight is 1140 g/mol. The third-order valence-corrected chi connectivity index (χ3v) is 14.7. The molecule has 6 heteroatoms. The second-order valence-corrected chi connectivity index (χ2v) is 22.7. The quantitative estimate of drug-likeness (QED) is 0.0261. The minimum absolute atomic E-state index is 0.0967. The molecule has 0 aromatic carbocycles. The van der Waals surface area contributed by atoms with E-state index in [1.54, 1.807) is 0 Å². The number of hydrogen-bond acceptors (Lipinski definition) is 6. The van der Waals surface area contributed by atoms with Crippen LogP contribution in [0.3, 0.4) is 0 Å². The molecule has 0 aromatic heterocycles. The zero-order valence-electron chi connectivity index (χ0n) is 53.7. The zero-order chi connectivity index (χ0) is 59.2. The van der Waals surface area contributed by atoms with E-state index in [0.29, 0.717) is 19.3 Å². The van der Waals surface area contributed by atoms with Crippen molar-refractivity contribution < 1.29 is 28.6 Å². The molecule has 0 amide bonds. The minimum Gasteiger partial charge on any atom is -0.462 e. The molecule has 0 aliphatic rings. The molecule has 0 radical (unpaired) electrons. The van der Waals surface area contributed by atoms with Gasteiger partial charge >= 0.3 is 17.9 Å². The molecule has 1 atom stereocenters. The van der Waals surface area contributed by atoms with E-state index in [-0.39, 0.29) is 37.5 Å². The van der Waals surface area contributed by atoms with Crippen molar-refractivity contribution in [2.45, 2.75) is 329 Å². The lowest BCUT2D eigenvalue weighted by molar-refractivity contribution is -0.167. The molecule has 1 unspecified atom stereocenters. The first-order valence-corrected chi connectivity index (χ1v) is 34.5. The number of allylic oxidation sites excluding steroid dienone is 20. The summed E-state index contributed by atoms with van der Waals surface area (Å²) in [4.78, 5) is 38.4. The molecule has 0 saturated carbocycles. The van der Waals surface area contributed by atoms with Gasteiger partial charge in [0.05, 0.1) is 0 Å². The Morgan fingerprint density at radius 3 is 0.793 bits per heavy atom. The lowest BCUT2D eigenvalue weighted by Gasteiger charge is -2.18. The zero-order valence-corrected chi connectivity index (χ0v) is 53.7. The number of esters is 3. The van der Waals surface area contributed by atoms with E-state index < -0.39 is 6.10 Å². The summed E-state index contributed by atoms with van der Waals surface area (Å²) < 4.78 is 16.9. The predicted molar refractivity (Wildman–Crippen MR) is 357 cm³/mol. The summed E-state index contributed by atoms with van der Waals surface area (Å²) in [7, 11) is 0. The van der Waals surface area contributed by atoms with Crippen LogP contribution in [0.2, 0.25) is 0 Å². The van der Waals surface area contributed by atoms with Crippen LogP contribution in [0.1, 0.15) is 323 Å². The lowest BCUT2D eigenvalue weighted by Crippen LogP contribution is -2.30. The second kappa shape index (κ2) is 69.3. The van der Waals surface area contributed by atoms with Crippen LogP contribution < -0.4 is 0 Å². The van der Waals surface area contributed by atoms with Gasteiger partial charge in [-0.15, -0.1) is 0 Å². The summed E-state index contributed by atoms with van der Waals surface area (Å²) in [5.41, 5.74) is 0. The summed E-state index contributed by atoms with van der Waals surface area (Å²) in [6.07, 6.45) is 96.5. The number of ether oxygens (including phenoxy) is 3. The monoisotopic (exact) mass is 1140 g/mol. The van der Waals surface area contributed by atoms with Crippen molar-refractivity contribution in [1.82, 2.24) is 0 Å². The Labute approximate surface area is 507 Å². The molecule has 0 saturated heterocycles. The Morgan fingerprint density at radius 1 is 0.256 bits per heavy atom. The minimum atomic E-state index is -0.805. The molecule has 0 aliphatic carbocycles. The summed E-state index contributed by atoms with van der Waals surface area (Å²) in [6, 6.07) is 0. The largest absolute Gasteiger partial charge is 0.462 e. The van der Waals surface area contributed by atoms with Crippen LogP contribution in [-0.4, -0.2) is 37.2 Å². The molecule has 82 heavy (non-hydrogen) atoms. The summed E-state index contributed by atoms with van der Waals surface area (Å²) in [5, 5.41) is 0. The molecule has 468 valence electrons. The topological polar surface area (TPSA) is 78.9 Å². The average Bonchev–Trinajstić information content (AvgIpc) is 3.47. The molecular weight excluding hydrogens is 1010 g/mol. The molecule has 0 aliphatic heterocycles. The Morgan fingerprint density at radius 2 is 0.488 bits per heavy atom. The van der Waals surface area contributed by atoms with Gasteiger partial charge in [-0.3, -0.25) is 14.4 Å². The first kappa shape index (κ1) is 77.8. The summed E-state index contributed by atoms with van der Waals surface area (Å²) in [6.45, 7) is 6.40. The van der Waals surface area contributed by atoms with Crippen molar-refractivity contribution >= 4 is 17.9 Å². The van der Waals surface area contributed by atoms with Gasteiger partial charge in [0.2, 0.25) is 0 Å². The van der Waals surface area contributed by atoms with Gasteiger partial charge in [-0.05, 0) is 103 Å². The number of unbranched alkanes of at least 4 members (excludes halogenated alkanes) is 31. The van der Waals surface area contributed by atoms with E-state index in [0.717, 1.165) is 109 Å². The number of rotatable bonds is 62. The molecule has 0 heterocycles. The van der Waals surface area contributed by atoms with E-state index >= 15 is 0 Å². The predicted octanol–water partition coefficient (Wildman–Crippen LogP) is 23.9. The first-order valence-electron chi connectivity index (χ1n) is 34.5. The van der Waals surface area contributed by atoms with E-state index in [2.05, 4.69) is 142 Å². The summed E-state index contributed by atoms with van der Waals surface area (Å²) >= 11 is 0. The molecule has 0 fully saturated rings. The Hall–Kier alpha value is -4.19. The number of carbonyl (C=O) groups is 3. The van der Waals surface area contributed by atoms with E-state index in [9.17, 15) is 14.4 Å². The van der Waals surface area contributed by atoms with Crippen molar-refractivity contribution in [1.29, 1.82) is 0 Å². The SMILES string of the molecule is CC/C=C\C/C=C\C/C=C\C/C=C\C/C=C\CCCCCCCCCCCCCC(=O)OCC(COC(=O)CCC/C=C\C/C=C\C/C=C\C/C=C\C/C=C\CC)OC(=O)CCCCCCCCCCCCCCCCCCCCCC. The third-order valence-electron chi connectivity index (χ3n) is 14.7. The molecule has 0 bridgehead atoms. The van der Waals surface area contributed by atoms with Crippen molar-refractivity contribution in [3.63, 3.8) is 0 Å². The van der Waals surface area contributed by atoms with Crippen molar-refractivity contribution in [2.24, 2.45) is 0 Å². The smallest absolute Gasteiger partial charge is 0.306 e. The van der Waals surface area contributed by atoms with E-state index in [4.69, 9.17) is 14.2 Å². The third kappa shape index (κ3) is 66.6. The van der Waals surface area contributed by atoms with Gasteiger partial charge in [0.1, 0.15) is 13.2 Å². The number of hydrogen-bond donors (Lipinski definition) is 0. The van der Waals surface area contributed by atoms with Gasteiger partial charge in [0, 0.05) is 19.3 Å². The highest BCUT2D eigenvalue weighted by atomic mass is 16.6. The van der Waals surface area contributed by atoms with Crippen molar-refractivity contribution in [3.05, 3.63) is 122 Å². The van der Waals surface area contributed by atoms with Gasteiger partial charge in [0.25, 0.3) is 0 Å². The second-order valence-electron chi connectivity index (χ2n) is 22.7.